The van der Waals surface area contributed by atoms with Crippen LogP contribution in [0.1, 0.15) is 45.6 Å². The van der Waals surface area contributed by atoms with E-state index in [9.17, 15) is 4.79 Å². The Morgan fingerprint density at radius 1 is 1.58 bits per heavy atom. The van der Waals surface area contributed by atoms with Crippen molar-refractivity contribution in [3.05, 3.63) is 18.7 Å². The first-order chi connectivity index (χ1) is 9.13. The topological polar surface area (TPSA) is 72.9 Å². The van der Waals surface area contributed by atoms with Crippen molar-refractivity contribution in [1.82, 2.24) is 14.9 Å². The SMILES string of the molecule is CCC(C)[C@H](N)C(=O)NC1CCCC1n1ccnc1. The van der Waals surface area contributed by atoms with Gasteiger partial charge in [0.25, 0.3) is 0 Å². The van der Waals surface area contributed by atoms with Gasteiger partial charge in [-0.25, -0.2) is 4.98 Å². The monoisotopic (exact) mass is 264 g/mol. The Labute approximate surface area is 114 Å². The van der Waals surface area contributed by atoms with Gasteiger partial charge in [0, 0.05) is 18.4 Å². The first-order valence-corrected chi connectivity index (χ1v) is 7.17. The van der Waals surface area contributed by atoms with E-state index in [4.69, 9.17) is 5.73 Å². The Morgan fingerprint density at radius 3 is 3.00 bits per heavy atom. The van der Waals surface area contributed by atoms with Crippen molar-refractivity contribution in [2.75, 3.05) is 0 Å². The minimum atomic E-state index is -0.408. The molecule has 1 aliphatic rings. The fourth-order valence-corrected chi connectivity index (χ4v) is 2.72. The molecule has 1 aromatic heterocycles. The number of aromatic nitrogens is 2. The molecule has 0 radical (unpaired) electrons. The van der Waals surface area contributed by atoms with Crippen LogP contribution in [0.3, 0.4) is 0 Å². The van der Waals surface area contributed by atoms with Gasteiger partial charge in [-0.2, -0.15) is 0 Å². The van der Waals surface area contributed by atoms with Crippen molar-refractivity contribution in [2.24, 2.45) is 11.7 Å². The van der Waals surface area contributed by atoms with Gasteiger partial charge in [-0.1, -0.05) is 20.3 Å². The van der Waals surface area contributed by atoms with Crippen LogP contribution in [0.4, 0.5) is 0 Å². The molecule has 0 spiro atoms. The van der Waals surface area contributed by atoms with Crippen LogP contribution in [0, 0.1) is 5.92 Å². The molecule has 2 rings (SSSR count). The van der Waals surface area contributed by atoms with Crippen LogP contribution in [-0.4, -0.2) is 27.5 Å². The highest BCUT2D eigenvalue weighted by molar-refractivity contribution is 5.82. The van der Waals surface area contributed by atoms with Crippen molar-refractivity contribution in [3.8, 4) is 0 Å². The van der Waals surface area contributed by atoms with E-state index in [-0.39, 0.29) is 17.9 Å². The van der Waals surface area contributed by atoms with E-state index in [1.165, 1.54) is 0 Å². The fourth-order valence-electron chi connectivity index (χ4n) is 2.72. The van der Waals surface area contributed by atoms with Gasteiger partial charge in [0.2, 0.25) is 5.91 Å². The molecule has 4 atom stereocenters. The number of nitrogens with zero attached hydrogens (tertiary/aromatic N) is 2. The van der Waals surface area contributed by atoms with Crippen LogP contribution in [0.15, 0.2) is 18.7 Å². The molecule has 0 aliphatic heterocycles. The second-order valence-corrected chi connectivity index (χ2v) is 5.53. The number of nitrogens with one attached hydrogen (secondary N) is 1. The highest BCUT2D eigenvalue weighted by atomic mass is 16.2. The Hall–Kier alpha value is -1.36. The number of nitrogens with two attached hydrogens (primary N) is 1. The summed E-state index contributed by atoms with van der Waals surface area (Å²) in [5.41, 5.74) is 5.98. The van der Waals surface area contributed by atoms with Crippen molar-refractivity contribution >= 4 is 5.91 Å². The van der Waals surface area contributed by atoms with Crippen LogP contribution >= 0.6 is 0 Å². The normalized spacial score (nSPS) is 26.1. The fraction of sp³-hybridized carbons (Fsp3) is 0.714. The molecule has 0 saturated heterocycles. The molecule has 0 bridgehead atoms. The Kier molecular flexibility index (Phi) is 4.58. The molecular formula is C14H24N4O. The predicted octanol–water partition coefficient (Wildman–Crippen LogP) is 1.47. The van der Waals surface area contributed by atoms with Gasteiger partial charge in [0.15, 0.2) is 0 Å². The lowest BCUT2D eigenvalue weighted by molar-refractivity contribution is -0.124. The van der Waals surface area contributed by atoms with E-state index in [1.807, 2.05) is 19.4 Å². The van der Waals surface area contributed by atoms with Crippen LogP contribution in [0.2, 0.25) is 0 Å². The molecule has 3 unspecified atom stereocenters. The summed E-state index contributed by atoms with van der Waals surface area (Å²) >= 11 is 0. The minimum absolute atomic E-state index is 0.0219. The maximum atomic E-state index is 12.2. The molecular weight excluding hydrogens is 240 g/mol. The van der Waals surface area contributed by atoms with Gasteiger partial charge in [-0.15, -0.1) is 0 Å². The summed E-state index contributed by atoms with van der Waals surface area (Å²) < 4.78 is 2.09. The number of rotatable bonds is 5. The highest BCUT2D eigenvalue weighted by Gasteiger charge is 2.31. The molecule has 0 aromatic carbocycles. The van der Waals surface area contributed by atoms with Crippen molar-refractivity contribution in [2.45, 2.75) is 57.7 Å². The van der Waals surface area contributed by atoms with Gasteiger partial charge in [0.1, 0.15) is 0 Å². The van der Waals surface area contributed by atoms with E-state index < -0.39 is 6.04 Å². The lowest BCUT2D eigenvalue weighted by Crippen LogP contribution is -2.49. The minimum Gasteiger partial charge on any atom is -0.350 e. The summed E-state index contributed by atoms with van der Waals surface area (Å²) in [5.74, 6) is 0.194. The number of carbonyl (C=O) groups is 1. The molecule has 19 heavy (non-hydrogen) atoms. The standard InChI is InChI=1S/C14H24N4O/c1-3-10(2)13(15)14(19)17-11-5-4-6-12(11)18-8-7-16-9-18/h7-13H,3-6,15H2,1-2H3,(H,17,19)/t10?,11?,12?,13-/m0/s1. The predicted molar refractivity (Wildman–Crippen MR) is 74.5 cm³/mol. The molecule has 3 N–H and O–H groups in total. The molecule has 5 nitrogen and oxygen atoms in total. The highest BCUT2D eigenvalue weighted by Crippen LogP contribution is 2.30. The first-order valence-electron chi connectivity index (χ1n) is 7.17. The third kappa shape index (κ3) is 3.15. The maximum absolute atomic E-state index is 12.2. The molecule has 1 saturated carbocycles. The van der Waals surface area contributed by atoms with E-state index in [0.29, 0.717) is 6.04 Å². The Balaban J connectivity index is 1.96. The van der Waals surface area contributed by atoms with E-state index >= 15 is 0 Å². The molecule has 1 aromatic rings. The molecule has 106 valence electrons. The Bertz CT molecular complexity index is 404. The quantitative estimate of drug-likeness (QED) is 0.845. The van der Waals surface area contributed by atoms with Gasteiger partial charge in [-0.3, -0.25) is 4.79 Å². The first kappa shape index (κ1) is 14.1. The molecule has 1 fully saturated rings. The number of imidazole rings is 1. The zero-order valence-electron chi connectivity index (χ0n) is 11.7. The summed E-state index contributed by atoms with van der Waals surface area (Å²) in [7, 11) is 0. The second-order valence-electron chi connectivity index (χ2n) is 5.53. The van der Waals surface area contributed by atoms with Crippen LogP contribution in [0.25, 0.3) is 0 Å². The molecule has 1 heterocycles. The lowest BCUT2D eigenvalue weighted by atomic mass is 9.99. The third-order valence-electron chi connectivity index (χ3n) is 4.27. The zero-order chi connectivity index (χ0) is 13.8. The molecule has 1 aliphatic carbocycles. The van der Waals surface area contributed by atoms with E-state index in [1.54, 1.807) is 6.20 Å². The number of amides is 1. The smallest absolute Gasteiger partial charge is 0.237 e. The van der Waals surface area contributed by atoms with Crippen molar-refractivity contribution in [1.29, 1.82) is 0 Å². The summed E-state index contributed by atoms with van der Waals surface area (Å²) in [6.45, 7) is 4.08. The maximum Gasteiger partial charge on any atom is 0.237 e. The van der Waals surface area contributed by atoms with Gasteiger partial charge in [-0.05, 0) is 25.2 Å². The van der Waals surface area contributed by atoms with Crippen LogP contribution < -0.4 is 11.1 Å². The third-order valence-corrected chi connectivity index (χ3v) is 4.27. The summed E-state index contributed by atoms with van der Waals surface area (Å²) in [5, 5.41) is 3.12. The van der Waals surface area contributed by atoms with Crippen molar-refractivity contribution in [3.63, 3.8) is 0 Å². The molecule has 5 heteroatoms. The van der Waals surface area contributed by atoms with E-state index in [2.05, 4.69) is 21.8 Å². The van der Waals surface area contributed by atoms with Crippen LogP contribution in [-0.2, 0) is 4.79 Å². The average molecular weight is 264 g/mol. The largest absolute Gasteiger partial charge is 0.350 e. The zero-order valence-corrected chi connectivity index (χ0v) is 11.7. The van der Waals surface area contributed by atoms with Gasteiger partial charge >= 0.3 is 0 Å². The average Bonchev–Trinajstić information content (AvgIpc) is 3.06. The van der Waals surface area contributed by atoms with Crippen molar-refractivity contribution < 1.29 is 4.79 Å². The molecule has 1 amide bonds. The van der Waals surface area contributed by atoms with Gasteiger partial charge in [0.05, 0.1) is 18.4 Å². The Morgan fingerprint density at radius 2 is 2.37 bits per heavy atom. The summed E-state index contributed by atoms with van der Waals surface area (Å²) in [6.07, 6.45) is 9.72. The number of carbonyl (C=O) groups excluding carboxylic acids is 1. The number of hydrogen-bond acceptors (Lipinski definition) is 3. The number of hydrogen-bond donors (Lipinski definition) is 2. The second kappa shape index (κ2) is 6.19. The lowest BCUT2D eigenvalue weighted by Gasteiger charge is -2.25. The summed E-state index contributed by atoms with van der Waals surface area (Å²) in [4.78, 5) is 16.2. The van der Waals surface area contributed by atoms with Gasteiger partial charge < -0.3 is 15.6 Å². The van der Waals surface area contributed by atoms with E-state index in [0.717, 1.165) is 25.7 Å². The summed E-state index contributed by atoms with van der Waals surface area (Å²) in [6, 6.07) is 0.0847. The van der Waals surface area contributed by atoms with Crippen LogP contribution in [0.5, 0.6) is 0 Å².